The number of rotatable bonds is 5. The van der Waals surface area contributed by atoms with Gasteiger partial charge in [0.2, 0.25) is 0 Å². The summed E-state index contributed by atoms with van der Waals surface area (Å²) in [5.41, 5.74) is -2.16. The van der Waals surface area contributed by atoms with Crippen LogP contribution in [0.2, 0.25) is 0 Å². The normalized spacial score (nSPS) is 18.3. The zero-order valence-electron chi connectivity index (χ0n) is 7.88. The Bertz CT molecular complexity index is 229. The Hall–Kier alpha value is -0.860. The van der Waals surface area contributed by atoms with Crippen molar-refractivity contribution in [3.05, 3.63) is 0 Å². The summed E-state index contributed by atoms with van der Waals surface area (Å²) in [5, 5.41) is 28.0. The summed E-state index contributed by atoms with van der Waals surface area (Å²) in [4.78, 5) is 10.3. The quantitative estimate of drug-likeness (QED) is 0.504. The fraction of sp³-hybridized carbons (Fsp3) is 0.857. The van der Waals surface area contributed by atoms with Crippen molar-refractivity contribution in [3.8, 4) is 0 Å². The Morgan fingerprint density at radius 3 is 2.27 bits per heavy atom. The van der Waals surface area contributed by atoms with Crippen LogP contribution >= 0.6 is 0 Å². The zero-order valence-corrected chi connectivity index (χ0v) is 7.88. The number of hydrogen-bond acceptors (Lipinski definition) is 4. The van der Waals surface area contributed by atoms with Gasteiger partial charge in [-0.25, -0.2) is 4.79 Å². The monoisotopic (exact) mass is 231 g/mol. The van der Waals surface area contributed by atoms with E-state index in [4.69, 9.17) is 15.3 Å². The van der Waals surface area contributed by atoms with Gasteiger partial charge >= 0.3 is 12.1 Å². The van der Waals surface area contributed by atoms with E-state index in [-0.39, 0.29) is 0 Å². The molecule has 4 N–H and O–H groups in total. The molecule has 0 aliphatic carbocycles. The highest BCUT2D eigenvalue weighted by Crippen LogP contribution is 2.19. The van der Waals surface area contributed by atoms with E-state index in [9.17, 15) is 18.0 Å². The van der Waals surface area contributed by atoms with Gasteiger partial charge in [-0.15, -0.1) is 0 Å². The van der Waals surface area contributed by atoms with E-state index in [1.54, 1.807) is 0 Å². The number of aliphatic carboxylic acids is 1. The highest BCUT2D eigenvalue weighted by molar-refractivity contribution is 5.76. The van der Waals surface area contributed by atoms with Crippen LogP contribution in [0.3, 0.4) is 0 Å². The number of carboxylic acids is 1. The fourth-order valence-electron chi connectivity index (χ4n) is 0.644. The molecule has 5 nitrogen and oxygen atoms in total. The minimum atomic E-state index is -4.76. The molecule has 0 amide bonds. The summed E-state index contributed by atoms with van der Waals surface area (Å²) in [6.45, 7) is -0.523. The van der Waals surface area contributed by atoms with Gasteiger partial charge in [0, 0.05) is 13.1 Å². The zero-order chi connectivity index (χ0) is 12.3. The molecule has 0 rings (SSSR count). The average Bonchev–Trinajstić information content (AvgIpc) is 2.01. The van der Waals surface area contributed by atoms with E-state index in [0.717, 1.165) is 6.92 Å². The average molecular weight is 231 g/mol. The maximum absolute atomic E-state index is 11.8. The molecule has 0 heterocycles. The number of halogens is 3. The molecule has 0 bridgehead atoms. The SMILES string of the molecule is CC(O)(CNCC(O)C(F)(F)F)C(=O)O. The molecule has 90 valence electrons. The largest absolute Gasteiger partial charge is 0.479 e. The third kappa shape index (κ3) is 4.96. The van der Waals surface area contributed by atoms with E-state index in [0.29, 0.717) is 0 Å². The number of aliphatic hydroxyl groups excluding tert-OH is 1. The smallest absolute Gasteiger partial charge is 0.415 e. The first-order chi connectivity index (χ1) is 6.57. The van der Waals surface area contributed by atoms with Crippen molar-refractivity contribution in [1.29, 1.82) is 0 Å². The third-order valence-electron chi connectivity index (χ3n) is 1.65. The van der Waals surface area contributed by atoms with Crippen LogP contribution < -0.4 is 5.32 Å². The van der Waals surface area contributed by atoms with Crippen molar-refractivity contribution in [1.82, 2.24) is 5.32 Å². The van der Waals surface area contributed by atoms with E-state index < -0.39 is 36.9 Å². The van der Waals surface area contributed by atoms with Crippen LogP contribution in [0.5, 0.6) is 0 Å². The minimum absolute atomic E-state index is 0.588. The predicted molar refractivity (Wildman–Crippen MR) is 43.2 cm³/mol. The highest BCUT2D eigenvalue weighted by Gasteiger charge is 2.38. The summed E-state index contributed by atoms with van der Waals surface area (Å²) in [6.07, 6.45) is -7.34. The van der Waals surface area contributed by atoms with E-state index in [1.807, 2.05) is 5.32 Å². The maximum Gasteiger partial charge on any atom is 0.415 e. The number of carboxylic acid groups (broad SMARTS) is 1. The second-order valence-electron chi connectivity index (χ2n) is 3.27. The van der Waals surface area contributed by atoms with Crippen molar-refractivity contribution >= 4 is 5.97 Å². The molecule has 2 atom stereocenters. The van der Waals surface area contributed by atoms with Gasteiger partial charge in [0.1, 0.15) is 0 Å². The Balaban J connectivity index is 3.95. The molecule has 8 heteroatoms. The molecule has 2 unspecified atom stereocenters. The lowest BCUT2D eigenvalue weighted by Gasteiger charge is -2.20. The topological polar surface area (TPSA) is 89.8 Å². The van der Waals surface area contributed by atoms with E-state index in [2.05, 4.69) is 0 Å². The standard InChI is InChI=1S/C7H12F3NO4/c1-6(15,5(13)14)3-11-2-4(12)7(8,9)10/h4,11-12,15H,2-3H2,1H3,(H,13,14). The highest BCUT2D eigenvalue weighted by atomic mass is 19.4. The van der Waals surface area contributed by atoms with Crippen LogP contribution in [0, 0.1) is 0 Å². The summed E-state index contributed by atoms with van der Waals surface area (Å²) in [7, 11) is 0. The first-order valence-electron chi connectivity index (χ1n) is 3.98. The number of hydrogen-bond donors (Lipinski definition) is 4. The van der Waals surface area contributed by atoms with E-state index >= 15 is 0 Å². The molecule has 0 aromatic heterocycles. The van der Waals surface area contributed by atoms with Gasteiger partial charge < -0.3 is 20.6 Å². The summed E-state index contributed by atoms with van der Waals surface area (Å²) in [6, 6.07) is 0. The van der Waals surface area contributed by atoms with Crippen LogP contribution in [-0.2, 0) is 4.79 Å². The van der Waals surface area contributed by atoms with E-state index in [1.165, 1.54) is 0 Å². The molecular formula is C7H12F3NO4. The molecule has 0 saturated carbocycles. The lowest BCUT2D eigenvalue weighted by atomic mass is 10.1. The Morgan fingerprint density at radius 2 is 1.93 bits per heavy atom. The number of alkyl halides is 3. The molecule has 0 saturated heterocycles. The predicted octanol–water partition coefficient (Wildman–Crippen LogP) is -0.665. The molecule has 0 spiro atoms. The lowest BCUT2D eigenvalue weighted by molar-refractivity contribution is -0.202. The second kappa shape index (κ2) is 4.77. The third-order valence-corrected chi connectivity index (χ3v) is 1.65. The molecule has 0 fully saturated rings. The van der Waals surface area contributed by atoms with Gasteiger partial charge in [0.25, 0.3) is 0 Å². The van der Waals surface area contributed by atoms with Gasteiger partial charge in [-0.2, -0.15) is 13.2 Å². The summed E-state index contributed by atoms with van der Waals surface area (Å²) >= 11 is 0. The Morgan fingerprint density at radius 1 is 1.47 bits per heavy atom. The minimum Gasteiger partial charge on any atom is -0.479 e. The van der Waals surface area contributed by atoms with Crippen molar-refractivity contribution < 1.29 is 33.3 Å². The fourth-order valence-corrected chi connectivity index (χ4v) is 0.644. The molecule has 0 aromatic rings. The molecule has 0 aliphatic heterocycles. The lowest BCUT2D eigenvalue weighted by Crippen LogP contribution is -2.48. The van der Waals surface area contributed by atoms with Gasteiger partial charge in [-0.1, -0.05) is 0 Å². The van der Waals surface area contributed by atoms with Crippen LogP contribution in [0.25, 0.3) is 0 Å². The number of carbonyl (C=O) groups is 1. The van der Waals surface area contributed by atoms with Gasteiger partial charge in [-0.05, 0) is 6.92 Å². The van der Waals surface area contributed by atoms with Gasteiger partial charge in [-0.3, -0.25) is 0 Å². The molecule has 0 radical (unpaired) electrons. The van der Waals surface area contributed by atoms with Crippen LogP contribution in [0.1, 0.15) is 6.92 Å². The maximum atomic E-state index is 11.8. The molecular weight excluding hydrogens is 219 g/mol. The van der Waals surface area contributed by atoms with Crippen molar-refractivity contribution in [2.45, 2.75) is 24.8 Å². The van der Waals surface area contributed by atoms with Crippen LogP contribution in [-0.4, -0.2) is 52.3 Å². The molecule has 0 aliphatic rings. The second-order valence-corrected chi connectivity index (χ2v) is 3.27. The first kappa shape index (κ1) is 14.1. The molecule has 15 heavy (non-hydrogen) atoms. The van der Waals surface area contributed by atoms with Gasteiger partial charge in [0.15, 0.2) is 11.7 Å². The summed E-state index contributed by atoms with van der Waals surface area (Å²) < 4.78 is 35.3. The Labute approximate surface area is 83.5 Å². The first-order valence-corrected chi connectivity index (χ1v) is 3.98. The van der Waals surface area contributed by atoms with Crippen LogP contribution in [0.4, 0.5) is 13.2 Å². The van der Waals surface area contributed by atoms with Gasteiger partial charge in [0.05, 0.1) is 0 Å². The van der Waals surface area contributed by atoms with Crippen molar-refractivity contribution in [2.75, 3.05) is 13.1 Å². The molecule has 0 aromatic carbocycles. The summed E-state index contributed by atoms with van der Waals surface area (Å²) in [5.74, 6) is -1.56. The number of aliphatic hydroxyl groups is 2. The van der Waals surface area contributed by atoms with Crippen LogP contribution in [0.15, 0.2) is 0 Å². The van der Waals surface area contributed by atoms with Crippen molar-refractivity contribution in [3.63, 3.8) is 0 Å². The Kier molecular flexibility index (Phi) is 4.50. The van der Waals surface area contributed by atoms with Crippen molar-refractivity contribution in [2.24, 2.45) is 0 Å². The number of nitrogens with one attached hydrogen (secondary N) is 1.